The third-order valence-electron chi connectivity index (χ3n) is 4.71. The van der Waals surface area contributed by atoms with Crippen LogP contribution in [0.5, 0.6) is 5.75 Å². The van der Waals surface area contributed by atoms with Gasteiger partial charge in [0.15, 0.2) is 0 Å². The normalized spacial score (nSPS) is 13.6. The van der Waals surface area contributed by atoms with Crippen molar-refractivity contribution >= 4 is 16.9 Å². The van der Waals surface area contributed by atoms with E-state index in [-0.39, 0.29) is 0 Å². The van der Waals surface area contributed by atoms with Gasteiger partial charge >= 0.3 is 12.1 Å². The summed E-state index contributed by atoms with van der Waals surface area (Å²) in [6.07, 6.45) is -3.09. The van der Waals surface area contributed by atoms with Crippen molar-refractivity contribution in [3.05, 3.63) is 47.5 Å². The second-order valence-electron chi connectivity index (χ2n) is 7.11. The van der Waals surface area contributed by atoms with E-state index in [2.05, 4.69) is 33.1 Å². The third kappa shape index (κ3) is 5.76. The highest BCUT2D eigenvalue weighted by molar-refractivity contribution is 5.79. The minimum absolute atomic E-state index is 0.759. The van der Waals surface area contributed by atoms with Crippen molar-refractivity contribution in [2.24, 2.45) is 0 Å². The largest absolute Gasteiger partial charge is 0.497 e. The van der Waals surface area contributed by atoms with Gasteiger partial charge in [-0.15, -0.1) is 0 Å². The molecule has 1 aliphatic rings. The lowest BCUT2D eigenvalue weighted by Gasteiger charge is -2.19. The standard InChI is InChI=1S/C18H22N4O2.C2HF3O2/c1-21(11-14-9-20-22-6-5-19-10-17(14)22)12-16-8-13-7-15(23-2)3-4-18(13)24-16;3-2(4,5)1(6)7/h3-4,7-9,19H,5-6,10-12H2,1-2H3;(H,6,7). The van der Waals surface area contributed by atoms with E-state index in [0.29, 0.717) is 0 Å². The van der Waals surface area contributed by atoms with Gasteiger partial charge in [0.1, 0.15) is 17.1 Å². The number of aromatic nitrogens is 2. The molecule has 2 N–H and O–H groups in total. The van der Waals surface area contributed by atoms with Crippen molar-refractivity contribution < 1.29 is 32.2 Å². The summed E-state index contributed by atoms with van der Waals surface area (Å²) in [6, 6.07) is 7.97. The molecule has 0 radical (unpaired) electrons. The van der Waals surface area contributed by atoms with Gasteiger partial charge in [-0.1, -0.05) is 0 Å². The van der Waals surface area contributed by atoms with Crippen LogP contribution in [0.15, 0.2) is 34.9 Å². The molecular formula is C20H23F3N4O4. The molecule has 0 amide bonds. The number of furan rings is 1. The Balaban J connectivity index is 0.000000339. The first kappa shape index (κ1) is 22.6. The van der Waals surface area contributed by atoms with Crippen LogP contribution < -0.4 is 10.1 Å². The molecule has 4 rings (SSSR count). The molecule has 0 fully saturated rings. The smallest absolute Gasteiger partial charge is 0.490 e. The van der Waals surface area contributed by atoms with E-state index in [4.69, 9.17) is 19.1 Å². The molecule has 0 unspecified atom stereocenters. The maximum atomic E-state index is 10.6. The number of ether oxygens (including phenoxy) is 1. The second-order valence-corrected chi connectivity index (χ2v) is 7.11. The molecule has 0 saturated heterocycles. The predicted molar refractivity (Wildman–Crippen MR) is 106 cm³/mol. The molecule has 0 spiro atoms. The van der Waals surface area contributed by atoms with Crippen molar-refractivity contribution in [3.8, 4) is 5.75 Å². The number of hydrogen-bond donors (Lipinski definition) is 2. The van der Waals surface area contributed by atoms with E-state index in [1.54, 1.807) is 7.11 Å². The van der Waals surface area contributed by atoms with Gasteiger partial charge in [-0.3, -0.25) is 9.58 Å². The van der Waals surface area contributed by atoms with E-state index in [9.17, 15) is 13.2 Å². The molecule has 2 aromatic heterocycles. The van der Waals surface area contributed by atoms with E-state index in [1.807, 2.05) is 24.4 Å². The Labute approximate surface area is 176 Å². The first-order chi connectivity index (χ1) is 14.7. The van der Waals surface area contributed by atoms with E-state index in [0.717, 1.165) is 55.2 Å². The van der Waals surface area contributed by atoms with Crippen LogP contribution in [0.25, 0.3) is 11.0 Å². The van der Waals surface area contributed by atoms with Crippen LogP contribution >= 0.6 is 0 Å². The van der Waals surface area contributed by atoms with Crippen LogP contribution in [0.3, 0.4) is 0 Å². The van der Waals surface area contributed by atoms with Crippen molar-refractivity contribution in [2.45, 2.75) is 32.4 Å². The average Bonchev–Trinajstić information content (AvgIpc) is 3.30. The quantitative estimate of drug-likeness (QED) is 0.630. The van der Waals surface area contributed by atoms with Gasteiger partial charge < -0.3 is 19.6 Å². The zero-order chi connectivity index (χ0) is 22.6. The van der Waals surface area contributed by atoms with Crippen LogP contribution in [0.4, 0.5) is 13.2 Å². The van der Waals surface area contributed by atoms with Gasteiger partial charge in [-0.05, 0) is 31.3 Å². The number of nitrogens with zero attached hydrogens (tertiary/aromatic N) is 3. The molecule has 1 aromatic carbocycles. The lowest BCUT2D eigenvalue weighted by Crippen LogP contribution is -2.29. The molecule has 3 heterocycles. The summed E-state index contributed by atoms with van der Waals surface area (Å²) >= 11 is 0. The number of carboxylic acid groups (broad SMARTS) is 1. The third-order valence-corrected chi connectivity index (χ3v) is 4.71. The number of rotatable bonds is 5. The lowest BCUT2D eigenvalue weighted by atomic mass is 10.2. The summed E-state index contributed by atoms with van der Waals surface area (Å²) in [5, 5.41) is 16.1. The number of halogens is 3. The fourth-order valence-corrected chi connectivity index (χ4v) is 3.26. The Morgan fingerprint density at radius 1 is 1.35 bits per heavy atom. The number of carbonyl (C=O) groups is 1. The number of nitrogens with one attached hydrogen (secondary N) is 1. The molecule has 11 heteroatoms. The monoisotopic (exact) mass is 440 g/mol. The van der Waals surface area contributed by atoms with Gasteiger partial charge in [-0.25, -0.2) is 4.79 Å². The lowest BCUT2D eigenvalue weighted by molar-refractivity contribution is -0.192. The molecule has 8 nitrogen and oxygen atoms in total. The van der Waals surface area contributed by atoms with Crippen molar-refractivity contribution in [1.82, 2.24) is 20.0 Å². The van der Waals surface area contributed by atoms with Crippen LogP contribution in [-0.2, 0) is 31.0 Å². The number of carboxylic acids is 1. The number of benzene rings is 1. The fraction of sp³-hybridized carbons (Fsp3) is 0.400. The highest BCUT2D eigenvalue weighted by Gasteiger charge is 2.38. The fourth-order valence-electron chi connectivity index (χ4n) is 3.26. The highest BCUT2D eigenvalue weighted by atomic mass is 19.4. The zero-order valence-corrected chi connectivity index (χ0v) is 17.1. The summed E-state index contributed by atoms with van der Waals surface area (Å²) in [7, 11) is 3.78. The number of alkyl halides is 3. The second kappa shape index (κ2) is 9.40. The van der Waals surface area contributed by atoms with Crippen LogP contribution in [0.1, 0.15) is 17.0 Å². The van der Waals surface area contributed by atoms with Crippen molar-refractivity contribution in [3.63, 3.8) is 0 Å². The maximum Gasteiger partial charge on any atom is 0.490 e. The summed E-state index contributed by atoms with van der Waals surface area (Å²) < 4.78 is 45.0. The predicted octanol–water partition coefficient (Wildman–Crippen LogP) is 3.01. The van der Waals surface area contributed by atoms with Gasteiger partial charge in [0.2, 0.25) is 0 Å². The number of methoxy groups -OCH3 is 1. The Morgan fingerprint density at radius 2 is 2.10 bits per heavy atom. The molecular weight excluding hydrogens is 417 g/mol. The van der Waals surface area contributed by atoms with E-state index >= 15 is 0 Å². The van der Waals surface area contributed by atoms with Gasteiger partial charge in [0.25, 0.3) is 0 Å². The van der Waals surface area contributed by atoms with Gasteiger partial charge in [-0.2, -0.15) is 18.3 Å². The van der Waals surface area contributed by atoms with Crippen molar-refractivity contribution in [1.29, 1.82) is 0 Å². The van der Waals surface area contributed by atoms with E-state index < -0.39 is 12.1 Å². The minimum atomic E-state index is -5.08. The molecule has 31 heavy (non-hydrogen) atoms. The average molecular weight is 440 g/mol. The SMILES string of the molecule is COc1ccc2oc(CN(C)Cc3cnn4c3CNCC4)cc2c1.O=C(O)C(F)(F)F. The summed E-state index contributed by atoms with van der Waals surface area (Å²) in [5.41, 5.74) is 3.47. The topological polar surface area (TPSA) is 92.8 Å². The first-order valence-electron chi connectivity index (χ1n) is 9.46. The molecule has 3 aromatic rings. The summed E-state index contributed by atoms with van der Waals surface area (Å²) in [5.74, 6) is -0.949. The minimum Gasteiger partial charge on any atom is -0.497 e. The Morgan fingerprint density at radius 3 is 2.77 bits per heavy atom. The molecule has 168 valence electrons. The Hall–Kier alpha value is -3.05. The zero-order valence-electron chi connectivity index (χ0n) is 17.1. The van der Waals surface area contributed by atoms with Crippen LogP contribution in [0.2, 0.25) is 0 Å². The van der Waals surface area contributed by atoms with Crippen molar-refractivity contribution in [2.75, 3.05) is 20.7 Å². The molecule has 1 aliphatic heterocycles. The van der Waals surface area contributed by atoms with Crippen LogP contribution in [-0.4, -0.2) is 52.6 Å². The van der Waals surface area contributed by atoms with Gasteiger partial charge in [0, 0.05) is 30.6 Å². The highest BCUT2D eigenvalue weighted by Crippen LogP contribution is 2.25. The summed E-state index contributed by atoms with van der Waals surface area (Å²) in [4.78, 5) is 11.1. The molecule has 0 atom stereocenters. The van der Waals surface area contributed by atoms with E-state index in [1.165, 1.54) is 11.3 Å². The number of aliphatic carboxylic acids is 1. The molecule has 0 aliphatic carbocycles. The Bertz CT molecular complexity index is 1040. The number of fused-ring (bicyclic) bond motifs is 2. The Kier molecular flexibility index (Phi) is 6.86. The maximum absolute atomic E-state index is 10.6. The first-order valence-corrected chi connectivity index (χ1v) is 9.46. The van der Waals surface area contributed by atoms with Crippen LogP contribution in [0, 0.1) is 0 Å². The number of hydrogen-bond acceptors (Lipinski definition) is 6. The van der Waals surface area contributed by atoms with Gasteiger partial charge in [0.05, 0.1) is 32.1 Å². The molecule has 0 bridgehead atoms. The molecule has 0 saturated carbocycles. The summed E-state index contributed by atoms with van der Waals surface area (Å²) in [6.45, 7) is 4.46.